The molecule has 0 fully saturated rings. The van der Waals surface area contributed by atoms with Crippen LogP contribution in [0.4, 0.5) is 0 Å². The van der Waals surface area contributed by atoms with Gasteiger partial charge in [0, 0.05) is 0 Å². The minimum Gasteiger partial charge on any atom is -1.00 e. The summed E-state index contributed by atoms with van der Waals surface area (Å²) in [5, 5.41) is 3.08. The number of hydrogen-bond acceptors (Lipinski definition) is 0. The van der Waals surface area contributed by atoms with Gasteiger partial charge in [-0.25, -0.2) is 0 Å². The van der Waals surface area contributed by atoms with E-state index in [4.69, 9.17) is 0 Å². The Balaban J connectivity index is 0. The molecule has 0 aromatic rings. The van der Waals surface area contributed by atoms with Crippen molar-refractivity contribution < 1.29 is 17.0 Å². The van der Waals surface area contributed by atoms with Crippen LogP contribution in [0.3, 0.4) is 0 Å². The molecule has 0 aromatic heterocycles. The molecule has 0 aliphatic carbocycles. The van der Waals surface area contributed by atoms with Crippen molar-refractivity contribution in [1.82, 2.24) is 0 Å². The van der Waals surface area contributed by atoms with Crippen molar-refractivity contribution in [2.75, 3.05) is 0 Å². The van der Waals surface area contributed by atoms with Gasteiger partial charge in [-0.15, -0.1) is 0 Å². The van der Waals surface area contributed by atoms with E-state index in [0.29, 0.717) is 0 Å². The number of hydrogen-bond donors (Lipinski definition) is 0. The fourth-order valence-corrected chi connectivity index (χ4v) is 2.82. The van der Waals surface area contributed by atoms with Crippen LogP contribution >= 0.6 is 0 Å². The third-order valence-electron chi connectivity index (χ3n) is 2.38. The molecule has 0 saturated heterocycles. The zero-order valence-electron chi connectivity index (χ0n) is 10.4. The summed E-state index contributed by atoms with van der Waals surface area (Å²) in [6.45, 7) is 9.31. The van der Waals surface area contributed by atoms with Crippen LogP contribution in [0.1, 0.15) is 53.4 Å². The van der Waals surface area contributed by atoms with E-state index in [1.54, 1.807) is 0 Å². The summed E-state index contributed by atoms with van der Waals surface area (Å²) in [4.78, 5) is 0. The molecule has 84 valence electrons. The van der Waals surface area contributed by atoms with Crippen LogP contribution in [-0.4, -0.2) is 15.2 Å². The topological polar surface area (TPSA) is 0 Å². The predicted octanol–water partition coefficient (Wildman–Crippen LogP) is 1.40. The Kier molecular flexibility index (Phi) is 15.0. The molecule has 0 bridgehead atoms. The molecule has 0 atom stereocenters. The van der Waals surface area contributed by atoms with Crippen molar-refractivity contribution in [2.45, 2.75) is 63.9 Å². The van der Waals surface area contributed by atoms with Crippen LogP contribution in [0.25, 0.3) is 0 Å². The van der Waals surface area contributed by atoms with Gasteiger partial charge in [0.25, 0.3) is 0 Å². The second-order valence-electron chi connectivity index (χ2n) is 4.94. The van der Waals surface area contributed by atoms with Crippen molar-refractivity contribution in [3.05, 3.63) is 0 Å². The summed E-state index contributed by atoms with van der Waals surface area (Å²) < 4.78 is 0. The van der Waals surface area contributed by atoms with Crippen molar-refractivity contribution in [3.8, 4) is 0 Å². The van der Waals surface area contributed by atoms with Gasteiger partial charge in [0.2, 0.25) is 0 Å². The summed E-state index contributed by atoms with van der Waals surface area (Å²) in [6.07, 6.45) is 5.84. The Hall–Kier alpha value is 1.01. The van der Waals surface area contributed by atoms with E-state index < -0.39 is 0 Å². The van der Waals surface area contributed by atoms with Crippen molar-refractivity contribution in [2.24, 2.45) is 11.8 Å². The molecule has 0 unspecified atom stereocenters. The minimum atomic E-state index is 0. The molecule has 0 aromatic carbocycles. The molecule has 2 heteroatoms. The van der Waals surface area contributed by atoms with Gasteiger partial charge in [0.05, 0.1) is 0 Å². The van der Waals surface area contributed by atoms with Crippen LogP contribution in [0.2, 0.25) is 10.6 Å². The van der Waals surface area contributed by atoms with E-state index in [1.807, 2.05) is 0 Å². The molecule has 0 heterocycles. The van der Waals surface area contributed by atoms with Gasteiger partial charge in [-0.1, -0.05) is 0 Å². The van der Waals surface area contributed by atoms with Crippen LogP contribution in [0.5, 0.6) is 0 Å². The molecule has 0 aliphatic rings. The Bertz CT molecular complexity index is 90.5. The predicted molar refractivity (Wildman–Crippen MR) is 63.5 cm³/mol. The maximum absolute atomic E-state index is 2.33. The Morgan fingerprint density at radius 2 is 1.14 bits per heavy atom. The fourth-order valence-electron chi connectivity index (χ4n) is 1.49. The van der Waals surface area contributed by atoms with Crippen molar-refractivity contribution in [1.29, 1.82) is 0 Å². The SMILES string of the molecule is CC(C)CC[CH2][Al+][CH2]CCC(C)C.[Br-]. The molecule has 0 radical (unpaired) electrons. The average Bonchev–Trinajstić information content (AvgIpc) is 2.01. The molecule has 14 heavy (non-hydrogen) atoms. The number of rotatable bonds is 8. The van der Waals surface area contributed by atoms with Crippen molar-refractivity contribution in [3.63, 3.8) is 0 Å². The van der Waals surface area contributed by atoms with Crippen LogP contribution in [-0.2, 0) is 0 Å². The summed E-state index contributed by atoms with van der Waals surface area (Å²) in [5.74, 6) is 1.82. The molecule has 0 rings (SSSR count). The molecule has 0 saturated carbocycles. The molecule has 0 nitrogen and oxygen atoms in total. The molecular formula is C12H26AlBr. The van der Waals surface area contributed by atoms with E-state index in [1.165, 1.54) is 36.2 Å². The smallest absolute Gasteiger partial charge is 1.00 e. The largest absolute Gasteiger partial charge is 1.00 e. The normalized spacial score (nSPS) is 10.1. The zero-order valence-corrected chi connectivity index (χ0v) is 13.1. The first kappa shape index (κ1) is 17.4. The molecule has 0 amide bonds. The Labute approximate surface area is 108 Å². The minimum absolute atomic E-state index is 0. The summed E-state index contributed by atoms with van der Waals surface area (Å²) in [7, 11) is 0. The van der Waals surface area contributed by atoms with Gasteiger partial charge in [-0.3, -0.25) is 0 Å². The number of halogens is 1. The standard InChI is InChI=1S/2C6H13.Al.BrH/c2*1-4-5-6(2)3;;/h2*6H,1,4-5H2,2-3H3;;1H/q;;+1;/p-1. The van der Waals surface area contributed by atoms with Gasteiger partial charge in [0.1, 0.15) is 0 Å². The van der Waals surface area contributed by atoms with Crippen molar-refractivity contribution >= 4 is 15.2 Å². The third kappa shape index (κ3) is 15.5. The van der Waals surface area contributed by atoms with Crippen LogP contribution < -0.4 is 17.0 Å². The quantitative estimate of drug-likeness (QED) is 0.465. The second-order valence-corrected chi connectivity index (χ2v) is 6.67. The maximum atomic E-state index is 2.33. The maximum Gasteiger partial charge on any atom is -1.00 e. The summed E-state index contributed by atoms with van der Waals surface area (Å²) in [5.41, 5.74) is 0. The zero-order chi connectivity index (χ0) is 10.1. The monoisotopic (exact) mass is 276 g/mol. The van der Waals surface area contributed by atoms with E-state index in [9.17, 15) is 0 Å². The fraction of sp³-hybridized carbons (Fsp3) is 1.00. The van der Waals surface area contributed by atoms with E-state index in [2.05, 4.69) is 27.7 Å². The Morgan fingerprint density at radius 1 is 0.786 bits per heavy atom. The first-order chi connectivity index (χ1) is 6.13. The van der Waals surface area contributed by atoms with Gasteiger partial charge in [0.15, 0.2) is 0 Å². The van der Waals surface area contributed by atoms with Crippen LogP contribution in [0.15, 0.2) is 0 Å². The molecule has 0 N–H and O–H groups in total. The summed E-state index contributed by atoms with van der Waals surface area (Å²) >= 11 is 0.778. The first-order valence-electron chi connectivity index (χ1n) is 5.94. The molecular weight excluding hydrogens is 251 g/mol. The van der Waals surface area contributed by atoms with E-state index in [0.717, 1.165) is 27.1 Å². The van der Waals surface area contributed by atoms with Crippen LogP contribution in [0, 0.1) is 11.8 Å². The third-order valence-corrected chi connectivity index (χ3v) is 4.01. The Morgan fingerprint density at radius 3 is 1.43 bits per heavy atom. The molecule has 0 spiro atoms. The van der Waals surface area contributed by atoms with Gasteiger partial charge >= 0.3 is 91.0 Å². The first-order valence-corrected chi connectivity index (χ1v) is 7.58. The van der Waals surface area contributed by atoms with Gasteiger partial charge < -0.3 is 17.0 Å². The second kappa shape index (κ2) is 12.1. The average molecular weight is 277 g/mol. The molecule has 0 aliphatic heterocycles. The van der Waals surface area contributed by atoms with E-state index >= 15 is 0 Å². The van der Waals surface area contributed by atoms with E-state index in [-0.39, 0.29) is 17.0 Å². The van der Waals surface area contributed by atoms with Gasteiger partial charge in [-0.05, 0) is 0 Å². The summed E-state index contributed by atoms with van der Waals surface area (Å²) in [6, 6.07) is 0. The van der Waals surface area contributed by atoms with Gasteiger partial charge in [-0.2, -0.15) is 0 Å².